The summed E-state index contributed by atoms with van der Waals surface area (Å²) in [7, 11) is 0. The first kappa shape index (κ1) is 17.7. The first-order valence-corrected chi connectivity index (χ1v) is 7.52. The largest absolute Gasteiger partial charge is 0.491 e. The van der Waals surface area contributed by atoms with Crippen LogP contribution in [0.15, 0.2) is 12.1 Å². The Bertz CT molecular complexity index is 563. The topological polar surface area (TPSA) is 35.5 Å². The highest BCUT2D eigenvalue weighted by atomic mass is 19.4. The van der Waals surface area contributed by atoms with E-state index < -0.39 is 40.8 Å². The van der Waals surface area contributed by atoms with E-state index in [9.17, 15) is 22.4 Å². The monoisotopic (exact) mass is 334 g/mol. The Labute approximate surface area is 131 Å². The van der Waals surface area contributed by atoms with Crippen molar-refractivity contribution in [1.82, 2.24) is 0 Å². The van der Waals surface area contributed by atoms with Crippen molar-refractivity contribution in [3.63, 3.8) is 0 Å². The third kappa shape index (κ3) is 4.22. The number of hydrogen-bond donors (Lipinski definition) is 0. The molecular formula is C16H18F4O3. The van der Waals surface area contributed by atoms with Crippen molar-refractivity contribution in [2.24, 2.45) is 0 Å². The molecule has 2 rings (SSSR count). The highest BCUT2D eigenvalue weighted by molar-refractivity contribution is 5.98. The molecule has 0 aliphatic carbocycles. The Hall–Kier alpha value is -1.63. The molecule has 1 aliphatic rings. The van der Waals surface area contributed by atoms with Gasteiger partial charge in [-0.1, -0.05) is 0 Å². The number of carbonyl (C=O) groups is 1. The molecule has 128 valence electrons. The fraction of sp³-hybridized carbons (Fsp3) is 0.562. The standard InChI is InChI=1S/C16H18F4O3/c1-2-22-13-7-6-11(14(15(13)17)16(18,19)20)12(21)9-10-5-3-4-8-23-10/h6-7,10H,2-5,8-9H2,1H3. The van der Waals surface area contributed by atoms with Crippen LogP contribution in [0.25, 0.3) is 0 Å². The summed E-state index contributed by atoms with van der Waals surface area (Å²) < 4.78 is 63.9. The van der Waals surface area contributed by atoms with Gasteiger partial charge in [0.05, 0.1) is 12.7 Å². The van der Waals surface area contributed by atoms with Gasteiger partial charge in [0.15, 0.2) is 17.3 Å². The number of benzene rings is 1. The van der Waals surface area contributed by atoms with E-state index in [0.29, 0.717) is 13.0 Å². The van der Waals surface area contributed by atoms with Crippen LogP contribution in [0.5, 0.6) is 5.75 Å². The van der Waals surface area contributed by atoms with Gasteiger partial charge in [0.1, 0.15) is 5.56 Å². The second-order valence-corrected chi connectivity index (χ2v) is 5.35. The average Bonchev–Trinajstić information content (AvgIpc) is 2.49. The summed E-state index contributed by atoms with van der Waals surface area (Å²) >= 11 is 0. The molecule has 0 bridgehead atoms. The number of Topliss-reactive ketones (excluding diaryl/α,β-unsaturated/α-hetero) is 1. The van der Waals surface area contributed by atoms with Gasteiger partial charge in [0, 0.05) is 18.6 Å². The van der Waals surface area contributed by atoms with Gasteiger partial charge in [-0.15, -0.1) is 0 Å². The van der Waals surface area contributed by atoms with Crippen LogP contribution in [0, 0.1) is 5.82 Å². The Morgan fingerprint density at radius 2 is 2.09 bits per heavy atom. The molecule has 0 spiro atoms. The van der Waals surface area contributed by atoms with Gasteiger partial charge in [0.2, 0.25) is 0 Å². The van der Waals surface area contributed by atoms with E-state index in [2.05, 4.69) is 0 Å². The predicted molar refractivity (Wildman–Crippen MR) is 75.1 cm³/mol. The second-order valence-electron chi connectivity index (χ2n) is 5.35. The number of rotatable bonds is 5. The lowest BCUT2D eigenvalue weighted by atomic mass is 9.96. The van der Waals surface area contributed by atoms with Crippen molar-refractivity contribution in [2.45, 2.75) is 44.9 Å². The molecule has 1 aromatic carbocycles. The summed E-state index contributed by atoms with van der Waals surface area (Å²) in [6.07, 6.45) is -3.22. The van der Waals surface area contributed by atoms with E-state index in [-0.39, 0.29) is 13.0 Å². The molecule has 3 nitrogen and oxygen atoms in total. The highest BCUT2D eigenvalue weighted by Gasteiger charge is 2.40. The average molecular weight is 334 g/mol. The third-order valence-electron chi connectivity index (χ3n) is 3.68. The van der Waals surface area contributed by atoms with Crippen LogP contribution in [-0.4, -0.2) is 25.1 Å². The number of ether oxygens (including phenoxy) is 2. The molecule has 0 amide bonds. The zero-order valence-electron chi connectivity index (χ0n) is 12.7. The summed E-state index contributed by atoms with van der Waals surface area (Å²) in [4.78, 5) is 12.2. The van der Waals surface area contributed by atoms with Gasteiger partial charge in [-0.05, 0) is 38.3 Å². The molecule has 1 unspecified atom stereocenters. The second kappa shape index (κ2) is 7.29. The van der Waals surface area contributed by atoms with Crippen LogP contribution < -0.4 is 4.74 Å². The molecule has 1 aliphatic heterocycles. The quantitative estimate of drug-likeness (QED) is 0.592. The number of ketones is 1. The highest BCUT2D eigenvalue weighted by Crippen LogP contribution is 2.38. The third-order valence-corrected chi connectivity index (χ3v) is 3.68. The van der Waals surface area contributed by atoms with Gasteiger partial charge in [-0.25, -0.2) is 4.39 Å². The summed E-state index contributed by atoms with van der Waals surface area (Å²) in [5.74, 6) is -2.83. The van der Waals surface area contributed by atoms with Crippen molar-refractivity contribution < 1.29 is 31.8 Å². The van der Waals surface area contributed by atoms with Gasteiger partial charge in [0.25, 0.3) is 0 Å². The summed E-state index contributed by atoms with van der Waals surface area (Å²) in [6.45, 7) is 2.05. The number of alkyl halides is 3. The first-order chi connectivity index (χ1) is 10.8. The molecule has 1 saturated heterocycles. The van der Waals surface area contributed by atoms with Crippen LogP contribution in [-0.2, 0) is 10.9 Å². The number of carbonyl (C=O) groups excluding carboxylic acids is 1. The van der Waals surface area contributed by atoms with Gasteiger partial charge < -0.3 is 9.47 Å². The lowest BCUT2D eigenvalue weighted by Crippen LogP contribution is -2.24. The maximum absolute atomic E-state index is 14.1. The van der Waals surface area contributed by atoms with Gasteiger partial charge in [-0.2, -0.15) is 13.2 Å². The number of halogens is 4. The molecule has 1 aromatic rings. The minimum Gasteiger partial charge on any atom is -0.491 e. The van der Waals surface area contributed by atoms with Crippen molar-refractivity contribution in [2.75, 3.05) is 13.2 Å². The van der Waals surface area contributed by atoms with Crippen molar-refractivity contribution in [3.8, 4) is 5.75 Å². The smallest absolute Gasteiger partial charge is 0.420 e. The fourth-order valence-electron chi connectivity index (χ4n) is 2.62. The normalized spacial score (nSPS) is 18.7. The zero-order chi connectivity index (χ0) is 17.0. The molecule has 23 heavy (non-hydrogen) atoms. The van der Waals surface area contributed by atoms with E-state index in [1.54, 1.807) is 0 Å². The summed E-state index contributed by atoms with van der Waals surface area (Å²) in [5.41, 5.74) is -2.24. The van der Waals surface area contributed by atoms with Crippen LogP contribution in [0.4, 0.5) is 17.6 Å². The number of hydrogen-bond acceptors (Lipinski definition) is 3. The summed E-state index contributed by atoms with van der Waals surface area (Å²) in [5, 5.41) is 0. The van der Waals surface area contributed by atoms with Crippen molar-refractivity contribution >= 4 is 5.78 Å². The molecule has 0 radical (unpaired) electrons. The molecule has 0 saturated carbocycles. The van der Waals surface area contributed by atoms with Gasteiger partial charge >= 0.3 is 6.18 Å². The molecule has 7 heteroatoms. The van der Waals surface area contributed by atoms with Crippen molar-refractivity contribution in [3.05, 3.63) is 29.1 Å². The molecule has 0 aromatic heterocycles. The summed E-state index contributed by atoms with van der Waals surface area (Å²) in [6, 6.07) is 2.03. The van der Waals surface area contributed by atoms with E-state index in [0.717, 1.165) is 25.0 Å². The van der Waals surface area contributed by atoms with Crippen LogP contribution in [0.1, 0.15) is 48.5 Å². The van der Waals surface area contributed by atoms with Crippen LogP contribution >= 0.6 is 0 Å². The van der Waals surface area contributed by atoms with E-state index >= 15 is 0 Å². The maximum atomic E-state index is 14.1. The van der Waals surface area contributed by atoms with E-state index in [4.69, 9.17) is 9.47 Å². The molecule has 1 fully saturated rings. The first-order valence-electron chi connectivity index (χ1n) is 7.52. The lowest BCUT2D eigenvalue weighted by Gasteiger charge is -2.22. The van der Waals surface area contributed by atoms with Gasteiger partial charge in [-0.3, -0.25) is 4.79 Å². The molecule has 1 heterocycles. The SMILES string of the molecule is CCOc1ccc(C(=O)CC2CCCCO2)c(C(F)(F)F)c1F. The predicted octanol–water partition coefficient (Wildman–Crippen LogP) is 4.39. The van der Waals surface area contributed by atoms with E-state index in [1.165, 1.54) is 6.92 Å². The minimum absolute atomic E-state index is 0.0252. The molecule has 1 atom stereocenters. The van der Waals surface area contributed by atoms with Crippen LogP contribution in [0.2, 0.25) is 0 Å². The van der Waals surface area contributed by atoms with E-state index in [1.807, 2.05) is 0 Å². The van der Waals surface area contributed by atoms with Crippen LogP contribution in [0.3, 0.4) is 0 Å². The Morgan fingerprint density at radius 3 is 2.65 bits per heavy atom. The zero-order valence-corrected chi connectivity index (χ0v) is 12.7. The Balaban J connectivity index is 2.32. The molecule has 0 N–H and O–H groups in total. The lowest BCUT2D eigenvalue weighted by molar-refractivity contribution is -0.140. The fourth-order valence-corrected chi connectivity index (χ4v) is 2.62. The minimum atomic E-state index is -4.98. The molecular weight excluding hydrogens is 316 g/mol. The Kier molecular flexibility index (Phi) is 5.62. The maximum Gasteiger partial charge on any atom is 0.420 e. The Morgan fingerprint density at radius 1 is 1.35 bits per heavy atom. The van der Waals surface area contributed by atoms with Crippen molar-refractivity contribution in [1.29, 1.82) is 0 Å².